The maximum absolute atomic E-state index is 15.7. The van der Waals surface area contributed by atoms with Gasteiger partial charge in [-0.25, -0.2) is 0 Å². The highest BCUT2D eigenvalue weighted by atomic mass is 16.2. The number of nitrogens with two attached hydrogens (primary N) is 4. The smallest absolute Gasteiger partial charge is 0.246 e. The second-order valence-electron chi connectivity index (χ2n) is 22.1. The molecule has 1 heterocycles. The predicted octanol–water partition coefficient (Wildman–Crippen LogP) is 3.63. The Hall–Kier alpha value is -8.39. The summed E-state index contributed by atoms with van der Waals surface area (Å²) in [6.45, 7) is 3.87. The van der Waals surface area contributed by atoms with Gasteiger partial charge >= 0.3 is 0 Å². The second-order valence-corrected chi connectivity index (χ2v) is 22.1. The van der Waals surface area contributed by atoms with Crippen LogP contribution in [0.4, 0.5) is 0 Å². The third-order valence-electron chi connectivity index (χ3n) is 16.1. The van der Waals surface area contributed by atoms with Gasteiger partial charge in [-0.1, -0.05) is 123 Å². The molecular formula is C62H80N12O8. The van der Waals surface area contributed by atoms with Gasteiger partial charge in [0.05, 0.1) is 5.92 Å². The molecule has 436 valence electrons. The van der Waals surface area contributed by atoms with Crippen LogP contribution in [0.2, 0.25) is 0 Å². The Balaban J connectivity index is 1.24. The third-order valence-corrected chi connectivity index (χ3v) is 16.1. The number of nitrogens with zero attached hydrogens (tertiary/aromatic N) is 1. The van der Waals surface area contributed by atoms with Crippen molar-refractivity contribution in [3.8, 4) is 0 Å². The molecule has 0 saturated heterocycles. The fourth-order valence-corrected chi connectivity index (χ4v) is 11.2. The number of para-hydroxylation sites is 1. The number of aliphatic imine (C=N–C) groups is 1. The summed E-state index contributed by atoms with van der Waals surface area (Å²) in [6.07, 6.45) is 5.47. The molecule has 4 aromatic carbocycles. The number of primary amides is 1. The van der Waals surface area contributed by atoms with E-state index in [2.05, 4.69) is 41.9 Å². The maximum Gasteiger partial charge on any atom is 0.246 e. The number of aromatic nitrogens is 1. The number of ketones is 1. The van der Waals surface area contributed by atoms with E-state index in [0.717, 1.165) is 28.5 Å². The number of Topliss-reactive ketones (excluding diaryl/α,β-unsaturated/α-hetero) is 1. The maximum atomic E-state index is 15.7. The minimum atomic E-state index is -1.82. The number of guanidine groups is 1. The molecular weight excluding hydrogens is 1040 g/mol. The average Bonchev–Trinajstić information content (AvgIpc) is 2.50. The number of aromatic amines is 1. The van der Waals surface area contributed by atoms with Crippen LogP contribution in [0.3, 0.4) is 0 Å². The van der Waals surface area contributed by atoms with Crippen LogP contribution >= 0.6 is 0 Å². The Morgan fingerprint density at radius 3 is 1.90 bits per heavy atom. The molecule has 5 aromatic rings. The Labute approximate surface area is 478 Å². The summed E-state index contributed by atoms with van der Waals surface area (Å²) < 4.78 is 0. The molecule has 2 aliphatic rings. The van der Waals surface area contributed by atoms with Gasteiger partial charge in [0.25, 0.3) is 0 Å². The summed E-state index contributed by atoms with van der Waals surface area (Å²) in [4.78, 5) is 121. The molecule has 7 rings (SSSR count). The van der Waals surface area contributed by atoms with Crippen LogP contribution in [0.25, 0.3) is 10.9 Å². The van der Waals surface area contributed by atoms with Crippen molar-refractivity contribution in [1.29, 1.82) is 0 Å². The van der Waals surface area contributed by atoms with E-state index in [1.54, 1.807) is 30.5 Å². The summed E-state index contributed by atoms with van der Waals surface area (Å²) in [5.74, 6) is -5.92. The lowest BCUT2D eigenvalue weighted by atomic mass is 9.60. The van der Waals surface area contributed by atoms with Gasteiger partial charge in [0.2, 0.25) is 41.4 Å². The van der Waals surface area contributed by atoms with Crippen LogP contribution < -0.4 is 54.8 Å². The number of H-pyrrole nitrogens is 1. The lowest BCUT2D eigenvalue weighted by Gasteiger charge is -2.47. The van der Waals surface area contributed by atoms with E-state index in [1.165, 1.54) is 6.92 Å². The number of hydrogen-bond acceptors (Lipinski definition) is 10. The zero-order valence-corrected chi connectivity index (χ0v) is 47.0. The SMILES string of the molecule is CCCCC(=O)N[C@H](C(=O)NC1(C(=O)N[C@H](Cc2ccccc2)C(=O)N[C@](C)(CCCN=C(N)N)C(=O)N[C@@H](Cc2c[nH]c3ccccc23)C(=O)NC(CCCCN)C(N)=O)CCC(c2ccccc2)(c2ccccc2)CC1)C1CC1=O. The zero-order chi connectivity index (χ0) is 58.9. The minimum absolute atomic E-state index is 0.0393. The summed E-state index contributed by atoms with van der Waals surface area (Å²) in [6, 6.07) is 31.3. The van der Waals surface area contributed by atoms with Crippen molar-refractivity contribution >= 4 is 64.0 Å². The van der Waals surface area contributed by atoms with Gasteiger partial charge in [-0.05, 0) is 106 Å². The molecule has 1 aromatic heterocycles. The van der Waals surface area contributed by atoms with E-state index < -0.39 is 82.0 Å². The first kappa shape index (κ1) is 61.2. The van der Waals surface area contributed by atoms with E-state index in [9.17, 15) is 24.0 Å². The molecule has 2 saturated carbocycles. The van der Waals surface area contributed by atoms with Crippen LogP contribution in [0.1, 0.15) is 120 Å². The molecule has 82 heavy (non-hydrogen) atoms. The van der Waals surface area contributed by atoms with Crippen LogP contribution in [-0.4, -0.2) is 106 Å². The Kier molecular flexibility index (Phi) is 21.2. The van der Waals surface area contributed by atoms with Crippen molar-refractivity contribution in [1.82, 2.24) is 36.9 Å². The van der Waals surface area contributed by atoms with Crippen molar-refractivity contribution in [3.63, 3.8) is 0 Å². The molecule has 15 N–H and O–H groups in total. The summed E-state index contributed by atoms with van der Waals surface area (Å²) in [7, 11) is 0. The summed E-state index contributed by atoms with van der Waals surface area (Å²) in [5.41, 5.74) is 23.0. The number of unbranched alkanes of at least 4 members (excludes halogenated alkanes) is 2. The number of carbonyl (C=O) groups excluding carboxylic acids is 8. The highest BCUT2D eigenvalue weighted by Crippen LogP contribution is 2.48. The number of amides is 7. The Morgan fingerprint density at radius 2 is 1.30 bits per heavy atom. The molecule has 20 nitrogen and oxygen atoms in total. The number of benzene rings is 4. The van der Waals surface area contributed by atoms with Gasteiger partial charge in [-0.15, -0.1) is 0 Å². The standard InChI is InChI=1S/C62H80N12O8/c1-3-4-28-51(76)72-52(45-38-50(45)75)56(80)74-62(32-30-61(31-33-62,42-21-10-6-11-22-42)43-23-12-7-13-24-43)58(82)71-48(36-40-19-8-5-9-20-40)55(79)73-60(2,29-18-35-67-59(65)66)57(81)70-49(37-41-39-68-46-26-15-14-25-44(41)46)54(78)69-47(53(64)77)27-16-17-34-63/h5-15,19-26,39,45,47-49,52,68H,3-4,16-18,27-38,63H2,1-2H3,(H2,64,77)(H,69,78)(H,70,81)(H,71,82)(H,72,76)(H,73,79)(H,74,80)(H4,65,66,67)/t45?,47?,48-,49+,52+,60-/m1/s1. The van der Waals surface area contributed by atoms with Crippen molar-refractivity contribution in [3.05, 3.63) is 144 Å². The predicted molar refractivity (Wildman–Crippen MR) is 314 cm³/mol. The first-order valence-corrected chi connectivity index (χ1v) is 28.5. The minimum Gasteiger partial charge on any atom is -0.370 e. The molecule has 0 radical (unpaired) electrons. The Morgan fingerprint density at radius 1 is 0.695 bits per heavy atom. The highest BCUT2D eigenvalue weighted by molar-refractivity contribution is 6.05. The van der Waals surface area contributed by atoms with Gasteiger partial charge in [-0.2, -0.15) is 0 Å². The van der Waals surface area contributed by atoms with E-state index in [-0.39, 0.29) is 82.0 Å². The van der Waals surface area contributed by atoms with E-state index in [0.29, 0.717) is 49.8 Å². The van der Waals surface area contributed by atoms with E-state index >= 15 is 14.4 Å². The van der Waals surface area contributed by atoms with Gasteiger partial charge in [0.15, 0.2) is 5.96 Å². The third kappa shape index (κ3) is 15.7. The Bertz CT molecular complexity index is 3010. The molecule has 0 bridgehead atoms. The lowest BCUT2D eigenvalue weighted by Crippen LogP contribution is -2.68. The number of carbonyl (C=O) groups is 8. The van der Waals surface area contributed by atoms with Crippen LogP contribution in [-0.2, 0) is 56.6 Å². The van der Waals surface area contributed by atoms with Gasteiger partial charge in [-0.3, -0.25) is 43.3 Å². The van der Waals surface area contributed by atoms with Crippen LogP contribution in [0.15, 0.2) is 126 Å². The number of nitrogens with one attached hydrogen (secondary N) is 7. The molecule has 0 spiro atoms. The van der Waals surface area contributed by atoms with E-state index in [4.69, 9.17) is 22.9 Å². The van der Waals surface area contributed by atoms with Crippen LogP contribution in [0, 0.1) is 5.92 Å². The molecule has 2 fully saturated rings. The lowest BCUT2D eigenvalue weighted by molar-refractivity contribution is -0.140. The van der Waals surface area contributed by atoms with Gasteiger partial charge in [0.1, 0.15) is 41.0 Å². The topological polar surface area (TPSA) is 341 Å². The largest absolute Gasteiger partial charge is 0.370 e. The second kappa shape index (κ2) is 28.3. The number of hydrogen-bond donors (Lipinski definition) is 11. The van der Waals surface area contributed by atoms with Gasteiger partial charge < -0.3 is 59.8 Å². The molecule has 0 aliphatic heterocycles. The van der Waals surface area contributed by atoms with Crippen molar-refractivity contribution < 1.29 is 38.4 Å². The monoisotopic (exact) mass is 1120 g/mol. The van der Waals surface area contributed by atoms with Crippen LogP contribution in [0.5, 0.6) is 0 Å². The number of rotatable bonds is 30. The van der Waals surface area contributed by atoms with Crippen molar-refractivity contribution in [2.45, 2.75) is 151 Å². The molecule has 2 aliphatic carbocycles. The normalized spacial score (nSPS) is 17.3. The van der Waals surface area contributed by atoms with E-state index in [1.807, 2.05) is 97.9 Å². The molecule has 2 unspecified atom stereocenters. The first-order chi connectivity index (χ1) is 39.4. The fourth-order valence-electron chi connectivity index (χ4n) is 11.2. The first-order valence-electron chi connectivity index (χ1n) is 28.5. The van der Waals surface area contributed by atoms with Crippen molar-refractivity contribution in [2.24, 2.45) is 33.8 Å². The molecule has 6 atom stereocenters. The summed E-state index contributed by atoms with van der Waals surface area (Å²) in [5, 5.41) is 18.3. The summed E-state index contributed by atoms with van der Waals surface area (Å²) >= 11 is 0. The molecule has 7 amide bonds. The fraction of sp³-hybridized carbons (Fsp3) is 0.435. The highest BCUT2D eigenvalue weighted by Gasteiger charge is 2.53. The average molecular weight is 1120 g/mol. The molecule has 20 heteroatoms. The van der Waals surface area contributed by atoms with Crippen molar-refractivity contribution in [2.75, 3.05) is 13.1 Å². The van der Waals surface area contributed by atoms with Gasteiger partial charge in [0, 0.05) is 54.7 Å². The quantitative estimate of drug-likeness (QED) is 0.0179. The zero-order valence-electron chi connectivity index (χ0n) is 47.0. The number of fused-ring (bicyclic) bond motifs is 1.